The van der Waals surface area contributed by atoms with Gasteiger partial charge in [0.25, 0.3) is 0 Å². The van der Waals surface area contributed by atoms with Crippen molar-refractivity contribution in [1.29, 1.82) is 0 Å². The largest absolute Gasteiger partial charge is 0.490 e. The number of nitrogens with zero attached hydrogens (tertiary/aromatic N) is 2. The summed E-state index contributed by atoms with van der Waals surface area (Å²) in [5.41, 5.74) is 0.946. The molecule has 182 valence electrons. The van der Waals surface area contributed by atoms with E-state index in [1.54, 1.807) is 24.3 Å². The molecule has 9 heteroatoms. The van der Waals surface area contributed by atoms with Crippen molar-refractivity contribution < 1.29 is 27.1 Å². The van der Waals surface area contributed by atoms with Gasteiger partial charge in [0.1, 0.15) is 5.82 Å². The van der Waals surface area contributed by atoms with Crippen molar-refractivity contribution in [3.05, 3.63) is 53.8 Å². The van der Waals surface area contributed by atoms with Gasteiger partial charge in [-0.25, -0.2) is 12.8 Å². The van der Waals surface area contributed by atoms with E-state index in [1.807, 2.05) is 4.90 Å². The summed E-state index contributed by atoms with van der Waals surface area (Å²) in [6, 6.07) is 11.0. The van der Waals surface area contributed by atoms with E-state index < -0.39 is 10.0 Å². The van der Waals surface area contributed by atoms with E-state index in [0.29, 0.717) is 57.2 Å². The van der Waals surface area contributed by atoms with Gasteiger partial charge in [-0.05, 0) is 55.5 Å². The Hall–Kier alpha value is -2.65. The highest BCUT2D eigenvalue weighted by molar-refractivity contribution is 7.89. The Morgan fingerprint density at radius 1 is 0.882 bits per heavy atom. The molecule has 0 aliphatic carbocycles. The Kier molecular flexibility index (Phi) is 6.48. The van der Waals surface area contributed by atoms with Crippen LogP contribution in [0.15, 0.2) is 47.4 Å². The first-order chi connectivity index (χ1) is 16.4. The molecule has 0 spiro atoms. The second-order valence-electron chi connectivity index (χ2n) is 9.08. The van der Waals surface area contributed by atoms with Crippen LogP contribution in [0.4, 0.5) is 4.39 Å². The number of hydrogen-bond acceptors (Lipinski definition) is 5. The lowest BCUT2D eigenvalue weighted by Crippen LogP contribution is -2.44. The number of carbonyl (C=O) groups is 1. The molecule has 2 aromatic carbocycles. The van der Waals surface area contributed by atoms with Gasteiger partial charge in [-0.3, -0.25) is 4.79 Å². The van der Waals surface area contributed by atoms with Gasteiger partial charge < -0.3 is 14.4 Å². The van der Waals surface area contributed by atoms with Crippen LogP contribution >= 0.6 is 0 Å². The number of carbonyl (C=O) groups excluding carboxylic acids is 1. The van der Waals surface area contributed by atoms with E-state index >= 15 is 0 Å². The number of ether oxygens (including phenoxy) is 2. The number of hydrogen-bond donors (Lipinski definition) is 0. The molecule has 0 N–H and O–H groups in total. The van der Waals surface area contributed by atoms with Crippen molar-refractivity contribution in [3.63, 3.8) is 0 Å². The molecule has 2 aromatic rings. The van der Waals surface area contributed by atoms with Crippen LogP contribution in [0.2, 0.25) is 0 Å². The highest BCUT2D eigenvalue weighted by Gasteiger charge is 2.38. The third kappa shape index (κ3) is 4.51. The predicted octanol–water partition coefficient (Wildman–Crippen LogP) is 3.75. The van der Waals surface area contributed by atoms with Gasteiger partial charge in [-0.15, -0.1) is 0 Å². The number of amides is 1. The maximum Gasteiger partial charge on any atom is 0.243 e. The van der Waals surface area contributed by atoms with Crippen molar-refractivity contribution in [2.75, 3.05) is 32.8 Å². The summed E-state index contributed by atoms with van der Waals surface area (Å²) in [5, 5.41) is 0. The molecule has 0 bridgehead atoms. The summed E-state index contributed by atoms with van der Waals surface area (Å²) in [4.78, 5) is 15.4. The Morgan fingerprint density at radius 3 is 2.32 bits per heavy atom. The lowest BCUT2D eigenvalue weighted by molar-refractivity contribution is -0.137. The zero-order valence-electron chi connectivity index (χ0n) is 19.0. The number of sulfonamides is 1. The fourth-order valence-corrected chi connectivity index (χ4v) is 6.58. The monoisotopic (exact) mass is 488 g/mol. The molecule has 1 atom stereocenters. The molecule has 3 aliphatic heterocycles. The van der Waals surface area contributed by atoms with Gasteiger partial charge in [0.15, 0.2) is 11.5 Å². The number of piperidine rings is 1. The van der Waals surface area contributed by atoms with Crippen LogP contribution in [0, 0.1) is 11.7 Å². The number of benzene rings is 2. The van der Waals surface area contributed by atoms with E-state index in [0.717, 1.165) is 24.8 Å². The topological polar surface area (TPSA) is 76.2 Å². The number of likely N-dealkylation sites (tertiary alicyclic amines) is 1. The summed E-state index contributed by atoms with van der Waals surface area (Å²) < 4.78 is 52.6. The molecule has 0 aromatic heterocycles. The van der Waals surface area contributed by atoms with E-state index in [4.69, 9.17) is 9.47 Å². The lowest BCUT2D eigenvalue weighted by atomic mass is 9.95. The van der Waals surface area contributed by atoms with E-state index in [-0.39, 0.29) is 28.6 Å². The minimum Gasteiger partial charge on any atom is -0.490 e. The third-order valence-corrected chi connectivity index (χ3v) is 8.85. The normalized spacial score (nSPS) is 21.9. The Labute approximate surface area is 199 Å². The molecule has 0 saturated carbocycles. The van der Waals surface area contributed by atoms with Gasteiger partial charge in [-0.1, -0.05) is 12.1 Å². The van der Waals surface area contributed by atoms with Crippen molar-refractivity contribution in [2.24, 2.45) is 5.92 Å². The van der Waals surface area contributed by atoms with E-state index in [1.165, 1.54) is 22.5 Å². The van der Waals surface area contributed by atoms with E-state index in [9.17, 15) is 17.6 Å². The molecule has 3 aliphatic rings. The second kappa shape index (κ2) is 9.54. The van der Waals surface area contributed by atoms with Gasteiger partial charge in [0.2, 0.25) is 15.9 Å². The highest BCUT2D eigenvalue weighted by Crippen LogP contribution is 2.36. The molecule has 3 heterocycles. The van der Waals surface area contributed by atoms with Crippen LogP contribution in [0.5, 0.6) is 11.5 Å². The number of halogens is 1. The quantitative estimate of drug-likeness (QED) is 0.655. The first-order valence-corrected chi connectivity index (χ1v) is 13.3. The summed E-state index contributed by atoms with van der Waals surface area (Å²) in [6.45, 7) is 2.29. The molecule has 34 heavy (non-hydrogen) atoms. The van der Waals surface area contributed by atoms with Crippen molar-refractivity contribution in [3.8, 4) is 11.5 Å². The minimum atomic E-state index is -3.70. The molecule has 2 fully saturated rings. The fourth-order valence-electron chi connectivity index (χ4n) is 5.09. The van der Waals surface area contributed by atoms with Gasteiger partial charge in [0, 0.05) is 38.0 Å². The second-order valence-corrected chi connectivity index (χ2v) is 11.0. The third-order valence-electron chi connectivity index (χ3n) is 6.95. The van der Waals surface area contributed by atoms with Crippen LogP contribution in [0.1, 0.15) is 43.7 Å². The summed E-state index contributed by atoms with van der Waals surface area (Å²) in [5.74, 6) is 0.573. The molecule has 7 nitrogen and oxygen atoms in total. The Balaban J connectivity index is 1.25. The van der Waals surface area contributed by atoms with Gasteiger partial charge in [0.05, 0.1) is 24.2 Å². The first kappa shape index (κ1) is 23.1. The molecule has 1 unspecified atom stereocenters. The summed E-state index contributed by atoms with van der Waals surface area (Å²) in [6.07, 6.45) is 3.47. The average Bonchev–Trinajstić information content (AvgIpc) is 3.22. The van der Waals surface area contributed by atoms with Crippen molar-refractivity contribution in [2.45, 2.75) is 43.0 Å². The van der Waals surface area contributed by atoms with Crippen molar-refractivity contribution >= 4 is 15.9 Å². The van der Waals surface area contributed by atoms with Crippen LogP contribution in [-0.2, 0) is 14.8 Å². The first-order valence-electron chi connectivity index (χ1n) is 11.9. The predicted molar refractivity (Wildman–Crippen MR) is 124 cm³/mol. The smallest absolute Gasteiger partial charge is 0.243 e. The maximum atomic E-state index is 13.3. The van der Waals surface area contributed by atoms with Crippen LogP contribution in [0.3, 0.4) is 0 Å². The number of fused-ring (bicyclic) bond motifs is 1. The lowest BCUT2D eigenvalue weighted by Gasteiger charge is -2.34. The minimum absolute atomic E-state index is 0.0448. The Morgan fingerprint density at radius 2 is 1.59 bits per heavy atom. The summed E-state index contributed by atoms with van der Waals surface area (Å²) >= 11 is 0. The summed E-state index contributed by atoms with van der Waals surface area (Å²) in [7, 11) is -3.70. The van der Waals surface area contributed by atoms with Crippen LogP contribution in [-0.4, -0.2) is 56.4 Å². The maximum absolute atomic E-state index is 13.3. The number of rotatable bonds is 4. The highest BCUT2D eigenvalue weighted by atomic mass is 32.2. The molecule has 0 radical (unpaired) electrons. The van der Waals surface area contributed by atoms with Gasteiger partial charge in [-0.2, -0.15) is 4.31 Å². The van der Waals surface area contributed by atoms with Crippen LogP contribution < -0.4 is 9.47 Å². The molecule has 1 amide bonds. The molecular weight excluding hydrogens is 459 g/mol. The molecule has 5 rings (SSSR count). The van der Waals surface area contributed by atoms with E-state index in [2.05, 4.69) is 0 Å². The standard InChI is InChI=1S/C25H29FN2O5S/c26-20-6-4-18(5-7-20)22-3-1-12-28(22)25(29)19-10-13-27(14-11-19)34(30,31)21-8-9-23-24(17-21)33-16-2-15-32-23/h4-9,17,19,22H,1-3,10-16H2. The molecule has 2 saturated heterocycles. The zero-order chi connectivity index (χ0) is 23.7. The van der Waals surface area contributed by atoms with Gasteiger partial charge >= 0.3 is 0 Å². The average molecular weight is 489 g/mol. The zero-order valence-corrected chi connectivity index (χ0v) is 19.8. The fraction of sp³-hybridized carbons (Fsp3) is 0.480. The van der Waals surface area contributed by atoms with Crippen LogP contribution in [0.25, 0.3) is 0 Å². The Bertz CT molecular complexity index is 1150. The van der Waals surface area contributed by atoms with Crippen molar-refractivity contribution in [1.82, 2.24) is 9.21 Å². The SMILES string of the molecule is O=C(C1CCN(S(=O)(=O)c2ccc3c(c2)OCCCO3)CC1)N1CCCC1c1ccc(F)cc1. The molecular formula is C25H29FN2O5S.